The van der Waals surface area contributed by atoms with Crippen molar-refractivity contribution >= 4 is 28.8 Å². The summed E-state index contributed by atoms with van der Waals surface area (Å²) in [5.41, 5.74) is 3.39. The first-order chi connectivity index (χ1) is 15.5. The minimum atomic E-state index is -0.296. The van der Waals surface area contributed by atoms with Crippen molar-refractivity contribution in [2.45, 2.75) is 46.1 Å². The molecule has 2 heterocycles. The highest BCUT2D eigenvalue weighted by Gasteiger charge is 2.38. The molecule has 6 nitrogen and oxygen atoms in total. The molecule has 0 unspecified atom stereocenters. The Morgan fingerprint density at radius 3 is 2.16 bits per heavy atom. The fourth-order valence-corrected chi connectivity index (χ4v) is 4.27. The third-order valence-electron chi connectivity index (χ3n) is 5.86. The van der Waals surface area contributed by atoms with Gasteiger partial charge in [-0.25, -0.2) is 0 Å². The van der Waals surface area contributed by atoms with E-state index in [4.69, 9.17) is 4.74 Å². The Kier molecular flexibility index (Phi) is 6.49. The first-order valence-electron chi connectivity index (χ1n) is 11.5. The zero-order chi connectivity index (χ0) is 22.7. The molecule has 0 radical (unpaired) electrons. The zero-order valence-corrected chi connectivity index (χ0v) is 19.1. The number of benzene rings is 2. The van der Waals surface area contributed by atoms with E-state index in [2.05, 4.69) is 22.3 Å². The number of amides is 2. The van der Waals surface area contributed by atoms with Crippen molar-refractivity contribution in [2.24, 2.45) is 0 Å². The molecule has 2 aliphatic heterocycles. The van der Waals surface area contributed by atoms with E-state index in [0.717, 1.165) is 24.5 Å². The van der Waals surface area contributed by atoms with Crippen molar-refractivity contribution in [3.8, 4) is 5.75 Å². The van der Waals surface area contributed by atoms with Gasteiger partial charge in [0.15, 0.2) is 0 Å². The highest BCUT2D eigenvalue weighted by molar-refractivity contribution is 6.36. The Morgan fingerprint density at radius 2 is 1.56 bits per heavy atom. The lowest BCUT2D eigenvalue weighted by molar-refractivity contribution is -0.136. The van der Waals surface area contributed by atoms with Gasteiger partial charge in [-0.2, -0.15) is 0 Å². The van der Waals surface area contributed by atoms with Gasteiger partial charge in [0.2, 0.25) is 0 Å². The van der Waals surface area contributed by atoms with Crippen LogP contribution >= 0.6 is 0 Å². The average molecular weight is 434 g/mol. The van der Waals surface area contributed by atoms with Gasteiger partial charge in [-0.15, -0.1) is 0 Å². The summed E-state index contributed by atoms with van der Waals surface area (Å²) in [5, 5.41) is 3.23. The smallest absolute Gasteiger partial charge is 0.278 e. The van der Waals surface area contributed by atoms with E-state index in [1.54, 1.807) is 0 Å². The summed E-state index contributed by atoms with van der Waals surface area (Å²) >= 11 is 0. The monoisotopic (exact) mass is 433 g/mol. The molecule has 2 aliphatic rings. The Morgan fingerprint density at radius 1 is 0.906 bits per heavy atom. The van der Waals surface area contributed by atoms with Crippen molar-refractivity contribution in [1.82, 2.24) is 4.90 Å². The lowest BCUT2D eigenvalue weighted by atomic mass is 10.0. The van der Waals surface area contributed by atoms with E-state index in [0.29, 0.717) is 23.4 Å². The molecule has 6 heteroatoms. The van der Waals surface area contributed by atoms with E-state index in [-0.39, 0.29) is 17.9 Å². The minimum absolute atomic E-state index is 0.0653. The van der Waals surface area contributed by atoms with Gasteiger partial charge in [0, 0.05) is 31.0 Å². The van der Waals surface area contributed by atoms with Crippen LogP contribution in [0.25, 0.3) is 5.57 Å². The average Bonchev–Trinajstić information content (AvgIpc) is 3.04. The van der Waals surface area contributed by atoms with Crippen LogP contribution < -0.4 is 15.0 Å². The van der Waals surface area contributed by atoms with Crippen molar-refractivity contribution in [3.05, 3.63) is 59.8 Å². The lowest BCUT2D eigenvalue weighted by Gasteiger charge is -2.28. The summed E-state index contributed by atoms with van der Waals surface area (Å²) in [6, 6.07) is 15.4. The maximum absolute atomic E-state index is 13.0. The SMILES string of the molecule is CCN1C(=O)C(Nc2ccc(N3CCCCC3)cc2)=C(c2ccc(OC(C)C)cc2)C1=O. The number of carbonyl (C=O) groups excluding carboxylic acids is 2. The number of likely N-dealkylation sites (N-methyl/N-ethyl adjacent to an activating group) is 1. The predicted molar refractivity (Wildman–Crippen MR) is 128 cm³/mol. The second-order valence-corrected chi connectivity index (χ2v) is 8.52. The van der Waals surface area contributed by atoms with E-state index >= 15 is 0 Å². The Hall–Kier alpha value is -3.28. The zero-order valence-electron chi connectivity index (χ0n) is 19.1. The van der Waals surface area contributed by atoms with Gasteiger partial charge in [-0.05, 0) is 82.0 Å². The Bertz CT molecular complexity index is 1000. The largest absolute Gasteiger partial charge is 0.491 e. The number of ether oxygens (including phenoxy) is 1. The van der Waals surface area contributed by atoms with Crippen molar-refractivity contribution in [1.29, 1.82) is 0 Å². The lowest BCUT2D eigenvalue weighted by Crippen LogP contribution is -2.32. The molecule has 32 heavy (non-hydrogen) atoms. The molecule has 0 aliphatic carbocycles. The summed E-state index contributed by atoms with van der Waals surface area (Å²) in [5.74, 6) is 0.161. The third kappa shape index (κ3) is 4.49. The van der Waals surface area contributed by atoms with Crippen LogP contribution in [0.2, 0.25) is 0 Å². The van der Waals surface area contributed by atoms with Crippen LogP contribution in [0.4, 0.5) is 11.4 Å². The normalized spacial score (nSPS) is 16.9. The van der Waals surface area contributed by atoms with E-state index < -0.39 is 0 Å². The molecule has 1 N–H and O–H groups in total. The molecule has 2 aromatic rings. The van der Waals surface area contributed by atoms with Crippen LogP contribution in [0, 0.1) is 0 Å². The highest BCUT2D eigenvalue weighted by atomic mass is 16.5. The summed E-state index contributed by atoms with van der Waals surface area (Å²) in [6.07, 6.45) is 3.80. The summed E-state index contributed by atoms with van der Waals surface area (Å²) in [4.78, 5) is 29.7. The van der Waals surface area contributed by atoms with Crippen molar-refractivity contribution < 1.29 is 14.3 Å². The molecular weight excluding hydrogens is 402 g/mol. The predicted octanol–water partition coefficient (Wildman–Crippen LogP) is 4.68. The summed E-state index contributed by atoms with van der Waals surface area (Å²) in [7, 11) is 0. The molecular formula is C26H31N3O3. The first kappa shape index (κ1) is 21.9. The fourth-order valence-electron chi connectivity index (χ4n) is 4.27. The number of hydrogen-bond donors (Lipinski definition) is 1. The molecule has 0 bridgehead atoms. The molecule has 0 aromatic heterocycles. The van der Waals surface area contributed by atoms with Crippen LogP contribution in [0.5, 0.6) is 5.75 Å². The molecule has 0 atom stereocenters. The van der Waals surface area contributed by atoms with Gasteiger partial charge >= 0.3 is 0 Å². The maximum Gasteiger partial charge on any atom is 0.278 e. The second-order valence-electron chi connectivity index (χ2n) is 8.52. The molecule has 0 spiro atoms. The van der Waals surface area contributed by atoms with Gasteiger partial charge < -0.3 is 15.0 Å². The van der Waals surface area contributed by atoms with Gasteiger partial charge in [0.25, 0.3) is 11.8 Å². The summed E-state index contributed by atoms with van der Waals surface area (Å²) in [6.45, 7) is 8.23. The molecule has 2 aromatic carbocycles. The standard InChI is InChI=1S/C26H31N3O3/c1-4-29-25(30)23(19-8-14-22(15-9-19)32-18(2)3)24(26(29)31)27-20-10-12-21(13-11-20)28-16-6-5-7-17-28/h8-15,18,27H,4-7,16-17H2,1-3H3. The number of nitrogens with one attached hydrogen (secondary N) is 1. The Labute approximate surface area is 189 Å². The maximum atomic E-state index is 13.0. The van der Waals surface area contributed by atoms with E-state index in [1.165, 1.54) is 29.8 Å². The number of hydrogen-bond acceptors (Lipinski definition) is 5. The van der Waals surface area contributed by atoms with E-state index in [9.17, 15) is 9.59 Å². The van der Waals surface area contributed by atoms with E-state index in [1.807, 2.05) is 57.2 Å². The molecule has 0 saturated carbocycles. The van der Waals surface area contributed by atoms with Crippen molar-refractivity contribution in [3.63, 3.8) is 0 Å². The van der Waals surface area contributed by atoms with Crippen LogP contribution in [0.15, 0.2) is 54.2 Å². The number of imide groups is 1. The van der Waals surface area contributed by atoms with Crippen LogP contribution in [0.3, 0.4) is 0 Å². The number of nitrogens with zero attached hydrogens (tertiary/aromatic N) is 2. The highest BCUT2D eigenvalue weighted by Crippen LogP contribution is 2.32. The van der Waals surface area contributed by atoms with Gasteiger partial charge in [-0.3, -0.25) is 14.5 Å². The van der Waals surface area contributed by atoms with Crippen LogP contribution in [-0.2, 0) is 9.59 Å². The topological polar surface area (TPSA) is 61.9 Å². The van der Waals surface area contributed by atoms with Gasteiger partial charge in [0.05, 0.1) is 11.7 Å². The fraction of sp³-hybridized carbons (Fsp3) is 0.385. The number of carbonyl (C=O) groups is 2. The molecule has 1 fully saturated rings. The number of piperidine rings is 1. The first-order valence-corrected chi connectivity index (χ1v) is 11.5. The quantitative estimate of drug-likeness (QED) is 0.643. The van der Waals surface area contributed by atoms with Crippen LogP contribution in [-0.4, -0.2) is 42.5 Å². The number of rotatable bonds is 7. The second kappa shape index (κ2) is 9.47. The third-order valence-corrected chi connectivity index (χ3v) is 5.86. The summed E-state index contributed by atoms with van der Waals surface area (Å²) < 4.78 is 5.71. The number of anilines is 2. The Balaban J connectivity index is 1.61. The molecule has 168 valence electrons. The van der Waals surface area contributed by atoms with Crippen LogP contribution in [0.1, 0.15) is 45.6 Å². The van der Waals surface area contributed by atoms with Gasteiger partial charge in [0.1, 0.15) is 11.4 Å². The molecule has 4 rings (SSSR count). The molecule has 1 saturated heterocycles. The van der Waals surface area contributed by atoms with Gasteiger partial charge in [-0.1, -0.05) is 12.1 Å². The van der Waals surface area contributed by atoms with Crippen molar-refractivity contribution in [2.75, 3.05) is 29.9 Å². The minimum Gasteiger partial charge on any atom is -0.491 e. The molecule has 2 amide bonds.